The van der Waals surface area contributed by atoms with E-state index >= 15 is 0 Å². The number of nitrogens with one attached hydrogen (secondary N) is 4. The molecule has 0 atom stereocenters. The summed E-state index contributed by atoms with van der Waals surface area (Å²) < 4.78 is 10.3. The number of rotatable bonds is 8. The summed E-state index contributed by atoms with van der Waals surface area (Å²) in [5.41, 5.74) is 7.84. The predicted octanol–water partition coefficient (Wildman–Crippen LogP) is 1.31. The first-order chi connectivity index (χ1) is 14.3. The van der Waals surface area contributed by atoms with Gasteiger partial charge in [0.2, 0.25) is 0 Å². The fourth-order valence-electron chi connectivity index (χ4n) is 2.66. The third kappa shape index (κ3) is 6.40. The lowest BCUT2D eigenvalue weighted by Gasteiger charge is -2.12. The molecule has 0 aliphatic rings. The van der Waals surface area contributed by atoms with E-state index in [0.29, 0.717) is 17.1 Å². The van der Waals surface area contributed by atoms with Crippen LogP contribution in [-0.2, 0) is 9.59 Å². The van der Waals surface area contributed by atoms with Gasteiger partial charge in [-0.1, -0.05) is 17.7 Å². The van der Waals surface area contributed by atoms with E-state index in [0.717, 1.165) is 16.8 Å². The lowest BCUT2D eigenvalue weighted by Crippen LogP contribution is -2.48. The fourth-order valence-corrected chi connectivity index (χ4v) is 2.66. The van der Waals surface area contributed by atoms with E-state index in [1.165, 1.54) is 20.3 Å². The van der Waals surface area contributed by atoms with E-state index in [4.69, 9.17) is 9.47 Å². The summed E-state index contributed by atoms with van der Waals surface area (Å²) in [5, 5.41) is 5.47. The molecule has 30 heavy (non-hydrogen) atoms. The number of carbonyl (C=O) groups excluding carboxylic acids is 3. The number of hydrogen-bond acceptors (Lipinski definition) is 6. The van der Waals surface area contributed by atoms with Crippen molar-refractivity contribution in [2.24, 2.45) is 0 Å². The molecule has 0 saturated carbocycles. The van der Waals surface area contributed by atoms with Crippen LogP contribution < -0.4 is 31.0 Å². The number of ether oxygens (including phenoxy) is 2. The van der Waals surface area contributed by atoms with Crippen LogP contribution in [0.3, 0.4) is 0 Å². The highest BCUT2D eigenvalue weighted by Crippen LogP contribution is 2.27. The number of anilines is 1. The smallest absolute Gasteiger partial charge is 0.257 e. The maximum Gasteiger partial charge on any atom is 0.257 e. The van der Waals surface area contributed by atoms with Crippen LogP contribution in [-0.4, -0.2) is 45.0 Å². The van der Waals surface area contributed by atoms with Gasteiger partial charge in [0.1, 0.15) is 0 Å². The zero-order valence-electron chi connectivity index (χ0n) is 17.4. The van der Waals surface area contributed by atoms with Crippen LogP contribution in [0.2, 0.25) is 0 Å². The SMILES string of the molecule is COc1ccc(C(=O)NCC(=O)NNC(=O)CNc2ccc(C)cc2C)cc1OC. The van der Waals surface area contributed by atoms with Crippen LogP contribution in [0.1, 0.15) is 21.5 Å². The number of methoxy groups -OCH3 is 2. The van der Waals surface area contributed by atoms with Gasteiger partial charge < -0.3 is 20.1 Å². The Morgan fingerprint density at radius 2 is 1.50 bits per heavy atom. The third-order valence-corrected chi connectivity index (χ3v) is 4.22. The van der Waals surface area contributed by atoms with Crippen molar-refractivity contribution in [3.8, 4) is 11.5 Å². The van der Waals surface area contributed by atoms with Crippen molar-refractivity contribution in [3.05, 3.63) is 53.1 Å². The average Bonchev–Trinajstić information content (AvgIpc) is 2.74. The molecule has 0 aliphatic carbocycles. The van der Waals surface area contributed by atoms with Crippen LogP contribution in [0.5, 0.6) is 11.5 Å². The molecule has 0 unspecified atom stereocenters. The molecule has 0 saturated heterocycles. The molecule has 0 bridgehead atoms. The number of amides is 3. The van der Waals surface area contributed by atoms with E-state index < -0.39 is 17.7 Å². The number of hydrazine groups is 1. The van der Waals surface area contributed by atoms with Crippen molar-refractivity contribution in [2.75, 3.05) is 32.6 Å². The number of hydrogen-bond donors (Lipinski definition) is 4. The van der Waals surface area contributed by atoms with Crippen LogP contribution in [0, 0.1) is 13.8 Å². The molecule has 0 aromatic heterocycles. The van der Waals surface area contributed by atoms with Gasteiger partial charge in [0, 0.05) is 11.3 Å². The first-order valence-corrected chi connectivity index (χ1v) is 9.23. The molecule has 4 N–H and O–H groups in total. The predicted molar refractivity (Wildman–Crippen MR) is 113 cm³/mol. The van der Waals surface area contributed by atoms with Crippen molar-refractivity contribution in [2.45, 2.75) is 13.8 Å². The Labute approximate surface area is 175 Å². The van der Waals surface area contributed by atoms with Gasteiger partial charge in [0.25, 0.3) is 17.7 Å². The largest absolute Gasteiger partial charge is 0.493 e. The molecule has 0 aliphatic heterocycles. The molecule has 160 valence electrons. The van der Waals surface area contributed by atoms with Crippen molar-refractivity contribution in [3.63, 3.8) is 0 Å². The zero-order chi connectivity index (χ0) is 22.1. The molecule has 0 fully saturated rings. The molecular weight excluding hydrogens is 388 g/mol. The Kier molecular flexibility index (Phi) is 8.04. The fraction of sp³-hybridized carbons (Fsp3) is 0.286. The molecule has 2 rings (SSSR count). The van der Waals surface area contributed by atoms with Gasteiger partial charge in [-0.15, -0.1) is 0 Å². The molecule has 9 heteroatoms. The summed E-state index contributed by atoms with van der Waals surface area (Å²) in [4.78, 5) is 35.9. The molecule has 9 nitrogen and oxygen atoms in total. The first kappa shape index (κ1) is 22.5. The van der Waals surface area contributed by atoms with Gasteiger partial charge in [0.15, 0.2) is 11.5 Å². The Bertz CT molecular complexity index is 930. The number of aryl methyl sites for hydroxylation is 2. The normalized spacial score (nSPS) is 10.0. The number of carbonyl (C=O) groups is 3. The average molecular weight is 414 g/mol. The summed E-state index contributed by atoms with van der Waals surface area (Å²) in [6.45, 7) is 3.61. The molecule has 0 radical (unpaired) electrons. The minimum absolute atomic E-state index is 0.0117. The Hall–Kier alpha value is -3.75. The molecule has 0 heterocycles. The van der Waals surface area contributed by atoms with Crippen molar-refractivity contribution >= 4 is 23.4 Å². The lowest BCUT2D eigenvalue weighted by molar-refractivity contribution is -0.127. The molecular formula is C21H26N4O5. The van der Waals surface area contributed by atoms with Crippen molar-refractivity contribution in [1.82, 2.24) is 16.2 Å². The van der Waals surface area contributed by atoms with E-state index in [1.807, 2.05) is 32.0 Å². The third-order valence-electron chi connectivity index (χ3n) is 4.22. The minimum Gasteiger partial charge on any atom is -0.493 e. The summed E-state index contributed by atoms with van der Waals surface area (Å²) in [7, 11) is 2.96. The summed E-state index contributed by atoms with van der Waals surface area (Å²) in [5.74, 6) is -0.561. The zero-order valence-corrected chi connectivity index (χ0v) is 17.4. The molecule has 0 spiro atoms. The van der Waals surface area contributed by atoms with E-state index in [1.54, 1.807) is 12.1 Å². The van der Waals surface area contributed by atoms with Gasteiger partial charge in [-0.05, 0) is 43.7 Å². The lowest BCUT2D eigenvalue weighted by atomic mass is 10.1. The molecule has 3 amide bonds. The highest BCUT2D eigenvalue weighted by Gasteiger charge is 2.12. The van der Waals surface area contributed by atoms with Crippen LogP contribution in [0.25, 0.3) is 0 Å². The maximum absolute atomic E-state index is 12.2. The Morgan fingerprint density at radius 3 is 2.13 bits per heavy atom. The highest BCUT2D eigenvalue weighted by atomic mass is 16.5. The van der Waals surface area contributed by atoms with Crippen LogP contribution in [0.4, 0.5) is 5.69 Å². The molecule has 2 aromatic carbocycles. The van der Waals surface area contributed by atoms with Crippen molar-refractivity contribution in [1.29, 1.82) is 0 Å². The van der Waals surface area contributed by atoms with Gasteiger partial charge in [-0.2, -0.15) is 0 Å². The van der Waals surface area contributed by atoms with Gasteiger partial charge in [-0.25, -0.2) is 0 Å². The van der Waals surface area contributed by atoms with Crippen LogP contribution >= 0.6 is 0 Å². The quantitative estimate of drug-likeness (QED) is 0.484. The van der Waals surface area contributed by atoms with Gasteiger partial charge in [-0.3, -0.25) is 25.2 Å². The Morgan fingerprint density at radius 1 is 0.833 bits per heavy atom. The molecule has 2 aromatic rings. The monoisotopic (exact) mass is 414 g/mol. The van der Waals surface area contributed by atoms with E-state index in [-0.39, 0.29) is 13.1 Å². The Balaban J connectivity index is 1.75. The summed E-state index contributed by atoms with van der Waals surface area (Å²) in [6.07, 6.45) is 0. The van der Waals surface area contributed by atoms with Crippen molar-refractivity contribution < 1.29 is 23.9 Å². The number of benzene rings is 2. The van der Waals surface area contributed by atoms with Gasteiger partial charge >= 0.3 is 0 Å². The second kappa shape index (κ2) is 10.7. The first-order valence-electron chi connectivity index (χ1n) is 9.23. The topological polar surface area (TPSA) is 118 Å². The van der Waals surface area contributed by atoms with E-state index in [2.05, 4.69) is 21.5 Å². The maximum atomic E-state index is 12.2. The van der Waals surface area contributed by atoms with Crippen LogP contribution in [0.15, 0.2) is 36.4 Å². The van der Waals surface area contributed by atoms with E-state index in [9.17, 15) is 14.4 Å². The summed E-state index contributed by atoms with van der Waals surface area (Å²) in [6, 6.07) is 10.5. The second-order valence-electron chi connectivity index (χ2n) is 6.52. The summed E-state index contributed by atoms with van der Waals surface area (Å²) >= 11 is 0. The van der Waals surface area contributed by atoms with Gasteiger partial charge in [0.05, 0.1) is 27.3 Å². The standard InChI is InChI=1S/C21H26N4O5/c1-13-5-7-16(14(2)9-13)22-11-19(26)24-25-20(27)12-23-21(28)15-6-8-17(29-3)18(10-15)30-4/h5-10,22H,11-12H2,1-4H3,(H,23,28)(H,24,26)(H,25,27). The highest BCUT2D eigenvalue weighted by molar-refractivity contribution is 5.97. The second-order valence-corrected chi connectivity index (χ2v) is 6.52. The minimum atomic E-state index is -0.566.